The van der Waals surface area contributed by atoms with Crippen molar-refractivity contribution in [2.45, 2.75) is 0 Å². The number of fused-ring (bicyclic) bond motifs is 1. The van der Waals surface area contributed by atoms with E-state index in [0.29, 0.717) is 17.8 Å². The van der Waals surface area contributed by atoms with E-state index in [1.165, 1.54) is 10.5 Å². The van der Waals surface area contributed by atoms with Crippen LogP contribution in [0.5, 0.6) is 0 Å². The summed E-state index contributed by atoms with van der Waals surface area (Å²) in [6, 6.07) is 17.3. The van der Waals surface area contributed by atoms with Crippen LogP contribution in [-0.2, 0) is 0 Å². The molecule has 2 amide bonds. The summed E-state index contributed by atoms with van der Waals surface area (Å²) in [6.07, 6.45) is 4.33. The highest BCUT2D eigenvalue weighted by atomic mass is 16.2. The first-order chi connectivity index (χ1) is 13.2. The summed E-state index contributed by atoms with van der Waals surface area (Å²) in [6.45, 7) is 4.86. The Hall–Kier alpha value is -2.76. The monoisotopic (exact) mass is 361 g/mol. The van der Waals surface area contributed by atoms with Crippen molar-refractivity contribution in [2.75, 3.05) is 39.4 Å². The van der Waals surface area contributed by atoms with Gasteiger partial charge in [-0.15, -0.1) is 0 Å². The molecule has 2 heterocycles. The molecule has 5 nitrogen and oxygen atoms in total. The Labute approximate surface area is 159 Å². The molecule has 0 radical (unpaired) electrons. The zero-order chi connectivity index (χ0) is 18.6. The molecule has 1 fully saturated rings. The average molecular weight is 361 g/mol. The SMILES string of the molecule is O=C1c2ccccc2C(=O)N1CN1CCN(C/C=C/c2ccccc2)CC1. The molecule has 0 aliphatic carbocycles. The van der Waals surface area contributed by atoms with Gasteiger partial charge in [-0.2, -0.15) is 0 Å². The average Bonchev–Trinajstić information content (AvgIpc) is 2.95. The molecule has 2 aromatic carbocycles. The number of carbonyl (C=O) groups is 2. The van der Waals surface area contributed by atoms with Crippen LogP contribution in [-0.4, -0.2) is 65.9 Å². The van der Waals surface area contributed by atoms with Crippen LogP contribution in [0.1, 0.15) is 26.3 Å². The Morgan fingerprint density at radius 2 is 1.30 bits per heavy atom. The van der Waals surface area contributed by atoms with Gasteiger partial charge in [0.15, 0.2) is 0 Å². The summed E-state index contributed by atoms with van der Waals surface area (Å²) >= 11 is 0. The fourth-order valence-corrected chi connectivity index (χ4v) is 3.58. The molecule has 0 atom stereocenters. The van der Waals surface area contributed by atoms with Crippen molar-refractivity contribution in [3.05, 3.63) is 77.4 Å². The number of nitrogens with zero attached hydrogens (tertiary/aromatic N) is 3. The van der Waals surface area contributed by atoms with Gasteiger partial charge in [-0.25, -0.2) is 0 Å². The van der Waals surface area contributed by atoms with E-state index in [0.717, 1.165) is 32.7 Å². The molecule has 1 saturated heterocycles. The van der Waals surface area contributed by atoms with Crippen molar-refractivity contribution >= 4 is 17.9 Å². The number of hydrogen-bond acceptors (Lipinski definition) is 4. The van der Waals surface area contributed by atoms with Crippen LogP contribution >= 0.6 is 0 Å². The van der Waals surface area contributed by atoms with Gasteiger partial charge in [0.2, 0.25) is 0 Å². The molecule has 138 valence electrons. The minimum absolute atomic E-state index is 0.177. The number of hydrogen-bond donors (Lipinski definition) is 0. The van der Waals surface area contributed by atoms with E-state index in [4.69, 9.17) is 0 Å². The Kier molecular flexibility index (Phi) is 5.14. The van der Waals surface area contributed by atoms with E-state index in [9.17, 15) is 9.59 Å². The Balaban J connectivity index is 1.27. The van der Waals surface area contributed by atoms with Crippen LogP contribution in [0.25, 0.3) is 6.08 Å². The largest absolute Gasteiger partial charge is 0.297 e. The predicted octanol–water partition coefficient (Wildman–Crippen LogP) is 2.57. The van der Waals surface area contributed by atoms with Gasteiger partial charge in [0.05, 0.1) is 17.8 Å². The second-order valence-corrected chi connectivity index (χ2v) is 6.96. The van der Waals surface area contributed by atoms with Crippen LogP contribution in [0.4, 0.5) is 0 Å². The highest BCUT2D eigenvalue weighted by Crippen LogP contribution is 2.22. The first kappa shape index (κ1) is 17.6. The van der Waals surface area contributed by atoms with Gasteiger partial charge < -0.3 is 0 Å². The third kappa shape index (κ3) is 3.84. The second-order valence-electron chi connectivity index (χ2n) is 6.96. The van der Waals surface area contributed by atoms with Crippen LogP contribution in [0.3, 0.4) is 0 Å². The van der Waals surface area contributed by atoms with E-state index < -0.39 is 0 Å². The van der Waals surface area contributed by atoms with Crippen molar-refractivity contribution in [1.82, 2.24) is 14.7 Å². The molecule has 0 N–H and O–H groups in total. The summed E-state index contributed by atoms with van der Waals surface area (Å²) in [4.78, 5) is 30.9. The van der Waals surface area contributed by atoms with E-state index in [-0.39, 0.29) is 11.8 Å². The molecule has 0 saturated carbocycles. The lowest BCUT2D eigenvalue weighted by molar-refractivity contribution is 0.0465. The fraction of sp³-hybridized carbons (Fsp3) is 0.273. The highest BCUT2D eigenvalue weighted by Gasteiger charge is 2.36. The van der Waals surface area contributed by atoms with E-state index in [1.54, 1.807) is 24.3 Å². The molecule has 0 bridgehead atoms. The maximum absolute atomic E-state index is 12.5. The van der Waals surface area contributed by atoms with Crippen molar-refractivity contribution in [1.29, 1.82) is 0 Å². The van der Waals surface area contributed by atoms with Crippen LogP contribution in [0.15, 0.2) is 60.7 Å². The topological polar surface area (TPSA) is 43.9 Å². The molecule has 4 rings (SSSR count). The van der Waals surface area contributed by atoms with Crippen molar-refractivity contribution in [3.63, 3.8) is 0 Å². The smallest absolute Gasteiger partial charge is 0.262 e. The fourth-order valence-electron chi connectivity index (χ4n) is 3.58. The van der Waals surface area contributed by atoms with Gasteiger partial charge in [0.1, 0.15) is 0 Å². The maximum Gasteiger partial charge on any atom is 0.262 e. The number of rotatable bonds is 5. The van der Waals surface area contributed by atoms with Gasteiger partial charge in [0, 0.05) is 32.7 Å². The van der Waals surface area contributed by atoms with E-state index >= 15 is 0 Å². The number of imide groups is 1. The lowest BCUT2D eigenvalue weighted by atomic mass is 10.1. The first-order valence-corrected chi connectivity index (χ1v) is 9.34. The highest BCUT2D eigenvalue weighted by molar-refractivity contribution is 6.21. The van der Waals surface area contributed by atoms with Crippen molar-refractivity contribution < 1.29 is 9.59 Å². The Morgan fingerprint density at radius 1 is 0.741 bits per heavy atom. The Bertz CT molecular complexity index is 820. The minimum atomic E-state index is -0.177. The number of carbonyl (C=O) groups excluding carboxylic acids is 2. The summed E-state index contributed by atoms with van der Waals surface area (Å²) in [7, 11) is 0. The third-order valence-corrected chi connectivity index (χ3v) is 5.16. The van der Waals surface area contributed by atoms with Crippen molar-refractivity contribution in [3.8, 4) is 0 Å². The quantitative estimate of drug-likeness (QED) is 0.768. The molecular formula is C22H23N3O2. The van der Waals surface area contributed by atoms with Crippen LogP contribution < -0.4 is 0 Å². The summed E-state index contributed by atoms with van der Waals surface area (Å²) in [5.41, 5.74) is 2.25. The molecule has 2 aliphatic heterocycles. The van der Waals surface area contributed by atoms with Gasteiger partial charge >= 0.3 is 0 Å². The lowest BCUT2D eigenvalue weighted by Gasteiger charge is -2.35. The molecule has 5 heteroatoms. The third-order valence-electron chi connectivity index (χ3n) is 5.16. The standard InChI is InChI=1S/C22H23N3O2/c26-21-19-10-4-5-11-20(19)22(27)25(21)17-24-15-13-23(14-16-24)12-6-9-18-7-2-1-3-8-18/h1-11H,12-17H2/b9-6+. The molecule has 27 heavy (non-hydrogen) atoms. The first-order valence-electron chi connectivity index (χ1n) is 9.34. The van der Waals surface area contributed by atoms with E-state index in [1.807, 2.05) is 18.2 Å². The van der Waals surface area contributed by atoms with Gasteiger partial charge in [0.25, 0.3) is 11.8 Å². The number of piperazine rings is 1. The van der Waals surface area contributed by atoms with Crippen LogP contribution in [0, 0.1) is 0 Å². The molecule has 0 aromatic heterocycles. The van der Waals surface area contributed by atoms with Crippen LogP contribution in [0.2, 0.25) is 0 Å². The normalized spacial score (nSPS) is 18.4. The zero-order valence-corrected chi connectivity index (χ0v) is 15.3. The second kappa shape index (κ2) is 7.86. The van der Waals surface area contributed by atoms with Gasteiger partial charge in [-0.3, -0.25) is 24.3 Å². The molecule has 2 aromatic rings. The molecular weight excluding hydrogens is 338 g/mol. The van der Waals surface area contributed by atoms with Gasteiger partial charge in [-0.05, 0) is 17.7 Å². The minimum Gasteiger partial charge on any atom is -0.297 e. The molecule has 0 unspecified atom stereocenters. The Morgan fingerprint density at radius 3 is 1.93 bits per heavy atom. The summed E-state index contributed by atoms with van der Waals surface area (Å²) < 4.78 is 0. The molecule has 0 spiro atoms. The summed E-state index contributed by atoms with van der Waals surface area (Å²) in [5, 5.41) is 0. The molecule has 2 aliphatic rings. The van der Waals surface area contributed by atoms with Crippen molar-refractivity contribution in [2.24, 2.45) is 0 Å². The number of benzene rings is 2. The number of amides is 2. The predicted molar refractivity (Wildman–Crippen MR) is 105 cm³/mol. The zero-order valence-electron chi connectivity index (χ0n) is 15.3. The summed E-state index contributed by atoms with van der Waals surface area (Å²) in [5.74, 6) is -0.354. The van der Waals surface area contributed by atoms with E-state index in [2.05, 4.69) is 34.1 Å². The van der Waals surface area contributed by atoms with Gasteiger partial charge in [-0.1, -0.05) is 54.6 Å². The lowest BCUT2D eigenvalue weighted by Crippen LogP contribution is -2.51. The maximum atomic E-state index is 12.5.